The van der Waals surface area contributed by atoms with E-state index in [1.54, 1.807) is 6.08 Å². The van der Waals surface area contributed by atoms with Crippen molar-refractivity contribution in [3.05, 3.63) is 46.5 Å². The van der Waals surface area contributed by atoms with Gasteiger partial charge in [0, 0.05) is 6.07 Å². The summed E-state index contributed by atoms with van der Waals surface area (Å²) in [6.45, 7) is 3.97. The molecule has 5 heteroatoms. The van der Waals surface area contributed by atoms with Crippen molar-refractivity contribution in [3.63, 3.8) is 0 Å². The van der Waals surface area contributed by atoms with Gasteiger partial charge >= 0.3 is 0 Å². The summed E-state index contributed by atoms with van der Waals surface area (Å²) in [5.41, 5.74) is -0.202. The molecule has 1 aromatic carbocycles. The van der Waals surface area contributed by atoms with Crippen LogP contribution < -0.4 is 4.74 Å². The van der Waals surface area contributed by atoms with Crippen LogP contribution in [0.3, 0.4) is 0 Å². The highest BCUT2D eigenvalue weighted by Crippen LogP contribution is 2.22. The van der Waals surface area contributed by atoms with Crippen molar-refractivity contribution < 1.29 is 14.5 Å². The summed E-state index contributed by atoms with van der Waals surface area (Å²) in [5, 5.41) is 10.5. The Labute approximate surface area is 92.5 Å². The molecule has 0 radical (unpaired) electrons. The van der Waals surface area contributed by atoms with Gasteiger partial charge in [0.25, 0.3) is 5.69 Å². The number of benzene rings is 1. The van der Waals surface area contributed by atoms with Gasteiger partial charge in [-0.1, -0.05) is 6.08 Å². The molecule has 0 aliphatic heterocycles. The highest BCUT2D eigenvalue weighted by atomic mass is 16.6. The second-order valence-electron chi connectivity index (χ2n) is 3.02. The van der Waals surface area contributed by atoms with E-state index in [0.29, 0.717) is 25.1 Å². The Morgan fingerprint density at radius 3 is 2.81 bits per heavy atom. The number of carbonyl (C=O) groups is 1. The van der Waals surface area contributed by atoms with Crippen molar-refractivity contribution in [2.75, 3.05) is 6.61 Å². The van der Waals surface area contributed by atoms with Gasteiger partial charge in [0.15, 0.2) is 6.29 Å². The predicted molar refractivity (Wildman–Crippen MR) is 58.8 cm³/mol. The van der Waals surface area contributed by atoms with Crippen LogP contribution in [0.15, 0.2) is 30.9 Å². The molecule has 0 aromatic heterocycles. The zero-order chi connectivity index (χ0) is 12.0. The molecule has 0 bridgehead atoms. The molecule has 0 amide bonds. The Hall–Kier alpha value is -2.17. The Morgan fingerprint density at radius 2 is 2.25 bits per heavy atom. The third-order valence-electron chi connectivity index (χ3n) is 1.91. The van der Waals surface area contributed by atoms with Crippen molar-refractivity contribution in [3.8, 4) is 5.75 Å². The minimum absolute atomic E-state index is 0.0149. The Kier molecular flexibility index (Phi) is 4.20. The topological polar surface area (TPSA) is 69.4 Å². The van der Waals surface area contributed by atoms with Crippen molar-refractivity contribution in [1.82, 2.24) is 0 Å². The van der Waals surface area contributed by atoms with Gasteiger partial charge in [-0.25, -0.2) is 0 Å². The molecule has 0 heterocycles. The highest BCUT2D eigenvalue weighted by molar-refractivity contribution is 5.82. The number of carbonyl (C=O) groups excluding carboxylic acids is 1. The van der Waals surface area contributed by atoms with Crippen LogP contribution >= 0.6 is 0 Å². The van der Waals surface area contributed by atoms with Gasteiger partial charge in [0.2, 0.25) is 0 Å². The van der Waals surface area contributed by atoms with Crippen LogP contribution in [0.25, 0.3) is 0 Å². The highest BCUT2D eigenvalue weighted by Gasteiger charge is 2.13. The summed E-state index contributed by atoms with van der Waals surface area (Å²) in [6, 6.07) is 4.08. The van der Waals surface area contributed by atoms with Gasteiger partial charge in [-0.05, 0) is 18.6 Å². The maximum absolute atomic E-state index is 10.6. The molecule has 0 aliphatic carbocycles. The molecule has 84 valence electrons. The molecule has 0 saturated carbocycles. The molecule has 0 atom stereocenters. The minimum Gasteiger partial charge on any atom is -0.493 e. The smallest absolute Gasteiger partial charge is 0.280 e. The summed E-state index contributed by atoms with van der Waals surface area (Å²) in [5.74, 6) is 0.439. The number of ether oxygens (including phenoxy) is 1. The first-order chi connectivity index (χ1) is 7.69. The first-order valence-electron chi connectivity index (χ1n) is 4.66. The van der Waals surface area contributed by atoms with Crippen molar-refractivity contribution >= 4 is 12.0 Å². The average Bonchev–Trinajstić information content (AvgIpc) is 2.29. The lowest BCUT2D eigenvalue weighted by atomic mass is 10.2. The number of nitro groups is 1. The average molecular weight is 221 g/mol. The van der Waals surface area contributed by atoms with E-state index in [9.17, 15) is 14.9 Å². The Balaban J connectivity index is 2.86. The quantitative estimate of drug-likeness (QED) is 0.243. The Bertz CT molecular complexity index is 414. The van der Waals surface area contributed by atoms with Crippen molar-refractivity contribution in [2.24, 2.45) is 0 Å². The first kappa shape index (κ1) is 11.9. The second-order valence-corrected chi connectivity index (χ2v) is 3.02. The molecule has 0 N–H and O–H groups in total. The van der Waals surface area contributed by atoms with Gasteiger partial charge in [0.05, 0.1) is 17.1 Å². The SMILES string of the molecule is C=CCCOc1ccc([N+](=O)[O-])c(C=O)c1. The predicted octanol–water partition coefficient (Wildman–Crippen LogP) is 2.36. The van der Waals surface area contributed by atoms with Crippen LogP contribution in [-0.2, 0) is 0 Å². The van der Waals surface area contributed by atoms with Crippen LogP contribution in [0, 0.1) is 10.1 Å². The van der Waals surface area contributed by atoms with Crippen molar-refractivity contribution in [1.29, 1.82) is 0 Å². The number of nitro benzene ring substituents is 1. The van der Waals surface area contributed by atoms with Crippen LogP contribution in [0.1, 0.15) is 16.8 Å². The molecular formula is C11H11NO4. The van der Waals surface area contributed by atoms with Gasteiger partial charge in [0.1, 0.15) is 5.75 Å². The molecule has 0 spiro atoms. The van der Waals surface area contributed by atoms with Gasteiger partial charge in [-0.3, -0.25) is 14.9 Å². The van der Waals surface area contributed by atoms with Crippen LogP contribution in [0.2, 0.25) is 0 Å². The number of hydrogen-bond donors (Lipinski definition) is 0. The standard InChI is InChI=1S/C11H11NO4/c1-2-3-6-16-10-4-5-11(12(14)15)9(7-10)8-13/h2,4-5,7-8H,1,3,6H2. The number of rotatable bonds is 6. The number of hydrogen-bond acceptors (Lipinski definition) is 4. The van der Waals surface area contributed by atoms with Crippen LogP contribution in [-0.4, -0.2) is 17.8 Å². The van der Waals surface area contributed by atoms with E-state index in [0.717, 1.165) is 0 Å². The molecule has 0 fully saturated rings. The summed E-state index contributed by atoms with van der Waals surface area (Å²) < 4.78 is 5.27. The molecule has 1 rings (SSSR count). The third-order valence-corrected chi connectivity index (χ3v) is 1.91. The molecule has 0 aliphatic rings. The van der Waals surface area contributed by atoms with E-state index in [2.05, 4.69) is 6.58 Å². The molecular weight excluding hydrogens is 210 g/mol. The van der Waals surface area contributed by atoms with Crippen LogP contribution in [0.5, 0.6) is 5.75 Å². The molecule has 16 heavy (non-hydrogen) atoms. The van der Waals surface area contributed by atoms with Gasteiger partial charge < -0.3 is 4.74 Å². The van der Waals surface area contributed by atoms with E-state index in [4.69, 9.17) is 4.74 Å². The summed E-state index contributed by atoms with van der Waals surface area (Å²) in [4.78, 5) is 20.6. The third kappa shape index (κ3) is 2.91. The zero-order valence-electron chi connectivity index (χ0n) is 8.59. The number of aldehydes is 1. The lowest BCUT2D eigenvalue weighted by Gasteiger charge is -2.04. The fourth-order valence-corrected chi connectivity index (χ4v) is 1.14. The zero-order valence-corrected chi connectivity index (χ0v) is 8.59. The largest absolute Gasteiger partial charge is 0.493 e. The van der Waals surface area contributed by atoms with Crippen molar-refractivity contribution in [2.45, 2.75) is 6.42 Å². The Morgan fingerprint density at radius 1 is 1.50 bits per heavy atom. The molecule has 5 nitrogen and oxygen atoms in total. The van der Waals surface area contributed by atoms with Gasteiger partial charge in [-0.2, -0.15) is 0 Å². The van der Waals surface area contributed by atoms with Gasteiger partial charge in [-0.15, -0.1) is 6.58 Å². The normalized spacial score (nSPS) is 9.50. The molecule has 0 saturated heterocycles. The van der Waals surface area contributed by atoms with E-state index >= 15 is 0 Å². The fraction of sp³-hybridized carbons (Fsp3) is 0.182. The van der Waals surface area contributed by atoms with E-state index in [1.165, 1.54) is 18.2 Å². The van der Waals surface area contributed by atoms with E-state index in [-0.39, 0.29) is 11.3 Å². The summed E-state index contributed by atoms with van der Waals surface area (Å²) >= 11 is 0. The molecule has 1 aromatic rings. The minimum atomic E-state index is -0.600. The fourth-order valence-electron chi connectivity index (χ4n) is 1.14. The summed E-state index contributed by atoms with van der Waals surface area (Å²) in [7, 11) is 0. The van der Waals surface area contributed by atoms with Crippen LogP contribution in [0.4, 0.5) is 5.69 Å². The summed E-state index contributed by atoms with van der Waals surface area (Å²) in [6.07, 6.45) is 2.82. The molecule has 0 unspecified atom stereocenters. The number of nitrogens with zero attached hydrogens (tertiary/aromatic N) is 1. The maximum Gasteiger partial charge on any atom is 0.280 e. The maximum atomic E-state index is 10.6. The van der Waals surface area contributed by atoms with E-state index < -0.39 is 4.92 Å². The lowest BCUT2D eigenvalue weighted by molar-refractivity contribution is -0.385. The lowest BCUT2D eigenvalue weighted by Crippen LogP contribution is -1.98. The second kappa shape index (κ2) is 5.65. The van der Waals surface area contributed by atoms with E-state index in [1.807, 2.05) is 0 Å². The first-order valence-corrected chi connectivity index (χ1v) is 4.66. The monoisotopic (exact) mass is 221 g/mol.